The molecule has 0 bridgehead atoms. The fourth-order valence-corrected chi connectivity index (χ4v) is 2.23. The second-order valence-electron chi connectivity index (χ2n) is 5.33. The van der Waals surface area contributed by atoms with Gasteiger partial charge in [-0.2, -0.15) is 0 Å². The average Bonchev–Trinajstić information content (AvgIpc) is 2.99. The van der Waals surface area contributed by atoms with Crippen LogP contribution in [0.5, 0.6) is 0 Å². The summed E-state index contributed by atoms with van der Waals surface area (Å²) in [5, 5.41) is 3.49. The molecule has 1 aliphatic carbocycles. The van der Waals surface area contributed by atoms with Crippen LogP contribution in [0.4, 0.5) is 5.82 Å². The molecule has 4 heteroatoms. The molecule has 0 saturated heterocycles. The van der Waals surface area contributed by atoms with Gasteiger partial charge in [0.25, 0.3) is 0 Å². The molecule has 92 valence electrons. The summed E-state index contributed by atoms with van der Waals surface area (Å²) in [7, 11) is 0. The Morgan fingerprint density at radius 2 is 2.12 bits per heavy atom. The highest BCUT2D eigenvalue weighted by molar-refractivity contribution is 7.80. The van der Waals surface area contributed by atoms with E-state index in [9.17, 15) is 0 Å². The Balaban J connectivity index is 2.30. The quantitative estimate of drug-likeness (QED) is 0.805. The Kier molecular flexibility index (Phi) is 3.08. The van der Waals surface area contributed by atoms with E-state index in [1.54, 1.807) is 0 Å². The maximum atomic E-state index is 5.73. The molecule has 2 rings (SSSR count). The van der Waals surface area contributed by atoms with Crippen molar-refractivity contribution in [2.75, 3.05) is 5.32 Å². The fraction of sp³-hybridized carbons (Fsp3) is 0.538. The number of hydrogen-bond donors (Lipinski definition) is 2. The van der Waals surface area contributed by atoms with Crippen molar-refractivity contribution in [1.29, 1.82) is 0 Å². The summed E-state index contributed by atoms with van der Waals surface area (Å²) in [5.74, 6) is 1.54. The number of rotatable bonds is 4. The molecule has 0 amide bonds. The molecule has 1 heterocycles. The van der Waals surface area contributed by atoms with Crippen molar-refractivity contribution in [3.63, 3.8) is 0 Å². The predicted molar refractivity (Wildman–Crippen MR) is 75.3 cm³/mol. The molecule has 3 N–H and O–H groups in total. The number of aryl methyl sites for hydroxylation is 1. The predicted octanol–water partition coefficient (Wildman–Crippen LogP) is 2.62. The van der Waals surface area contributed by atoms with E-state index in [0.29, 0.717) is 4.99 Å². The van der Waals surface area contributed by atoms with Gasteiger partial charge in [-0.25, -0.2) is 4.98 Å². The van der Waals surface area contributed by atoms with E-state index in [-0.39, 0.29) is 5.54 Å². The van der Waals surface area contributed by atoms with Gasteiger partial charge in [0.2, 0.25) is 0 Å². The van der Waals surface area contributed by atoms with Crippen LogP contribution in [0.3, 0.4) is 0 Å². The summed E-state index contributed by atoms with van der Waals surface area (Å²) in [4.78, 5) is 4.91. The monoisotopic (exact) mass is 249 g/mol. The number of hydrogen-bond acceptors (Lipinski definition) is 3. The maximum absolute atomic E-state index is 5.73. The van der Waals surface area contributed by atoms with Gasteiger partial charge < -0.3 is 11.1 Å². The van der Waals surface area contributed by atoms with Gasteiger partial charge in [0, 0.05) is 11.2 Å². The van der Waals surface area contributed by atoms with Gasteiger partial charge >= 0.3 is 0 Å². The van der Waals surface area contributed by atoms with Crippen molar-refractivity contribution in [1.82, 2.24) is 4.98 Å². The summed E-state index contributed by atoms with van der Waals surface area (Å²) in [6, 6.07) is 3.87. The second-order valence-corrected chi connectivity index (χ2v) is 5.77. The van der Waals surface area contributed by atoms with Crippen molar-refractivity contribution in [3.8, 4) is 0 Å². The number of thiocarbonyl (C=S) groups is 1. The molecule has 1 aromatic heterocycles. The van der Waals surface area contributed by atoms with Gasteiger partial charge in [-0.15, -0.1) is 0 Å². The van der Waals surface area contributed by atoms with Crippen LogP contribution in [0.25, 0.3) is 0 Å². The molecule has 0 aromatic carbocycles. The zero-order valence-electron chi connectivity index (χ0n) is 10.6. The third-order valence-corrected chi connectivity index (χ3v) is 3.56. The van der Waals surface area contributed by atoms with Gasteiger partial charge in [0.05, 0.1) is 5.56 Å². The molecule has 0 spiro atoms. The minimum atomic E-state index is 0.0559. The van der Waals surface area contributed by atoms with Crippen molar-refractivity contribution < 1.29 is 0 Å². The Labute approximate surface area is 108 Å². The average molecular weight is 249 g/mol. The lowest BCUT2D eigenvalue weighted by Crippen LogP contribution is -2.34. The van der Waals surface area contributed by atoms with Crippen LogP contribution < -0.4 is 11.1 Å². The van der Waals surface area contributed by atoms with Gasteiger partial charge in [0.1, 0.15) is 10.8 Å². The minimum absolute atomic E-state index is 0.0559. The molecular weight excluding hydrogens is 230 g/mol. The highest BCUT2D eigenvalue weighted by Crippen LogP contribution is 2.41. The van der Waals surface area contributed by atoms with E-state index in [4.69, 9.17) is 18.0 Å². The summed E-state index contributed by atoms with van der Waals surface area (Å²) in [6.45, 7) is 6.38. The number of anilines is 1. The number of nitrogens with one attached hydrogen (secondary N) is 1. The molecule has 0 unspecified atom stereocenters. The number of nitrogens with zero attached hydrogens (tertiary/aromatic N) is 1. The molecule has 1 aromatic rings. The van der Waals surface area contributed by atoms with Gasteiger partial charge in [0.15, 0.2) is 0 Å². The Hall–Kier alpha value is -1.16. The van der Waals surface area contributed by atoms with Crippen LogP contribution in [0.2, 0.25) is 0 Å². The molecule has 0 radical (unpaired) electrons. The lowest BCUT2D eigenvalue weighted by atomic mass is 9.98. The first kappa shape index (κ1) is 12.3. The van der Waals surface area contributed by atoms with Crippen LogP contribution in [0.15, 0.2) is 12.1 Å². The van der Waals surface area contributed by atoms with Crippen LogP contribution in [-0.2, 0) is 0 Å². The largest absolute Gasteiger partial charge is 0.389 e. The number of pyridine rings is 1. The first-order chi connectivity index (χ1) is 7.90. The van der Waals surface area contributed by atoms with Gasteiger partial charge in [-0.05, 0) is 51.7 Å². The molecule has 0 aliphatic heterocycles. The molecule has 1 aliphatic rings. The highest BCUT2D eigenvalue weighted by atomic mass is 32.1. The van der Waals surface area contributed by atoms with E-state index in [1.165, 1.54) is 12.8 Å². The molecule has 1 saturated carbocycles. The van der Waals surface area contributed by atoms with Gasteiger partial charge in [-0.1, -0.05) is 12.2 Å². The van der Waals surface area contributed by atoms with Crippen molar-refractivity contribution in [2.24, 2.45) is 11.7 Å². The van der Waals surface area contributed by atoms with Crippen molar-refractivity contribution in [3.05, 3.63) is 23.4 Å². The van der Waals surface area contributed by atoms with Crippen LogP contribution in [0.1, 0.15) is 37.9 Å². The van der Waals surface area contributed by atoms with Gasteiger partial charge in [-0.3, -0.25) is 0 Å². The summed E-state index contributed by atoms with van der Waals surface area (Å²) >= 11 is 5.06. The Bertz CT molecular complexity index is 450. The minimum Gasteiger partial charge on any atom is -0.389 e. The smallest absolute Gasteiger partial charge is 0.136 e. The van der Waals surface area contributed by atoms with E-state index in [0.717, 1.165) is 23.0 Å². The van der Waals surface area contributed by atoms with Crippen molar-refractivity contribution in [2.45, 2.75) is 39.2 Å². The summed E-state index contributed by atoms with van der Waals surface area (Å²) < 4.78 is 0. The molecule has 17 heavy (non-hydrogen) atoms. The zero-order valence-corrected chi connectivity index (χ0v) is 11.4. The normalized spacial score (nSPS) is 15.7. The number of nitrogens with two attached hydrogens (primary N) is 1. The molecular formula is C13H19N3S. The lowest BCUT2D eigenvalue weighted by Gasteiger charge is -2.28. The van der Waals surface area contributed by atoms with Crippen LogP contribution >= 0.6 is 12.2 Å². The summed E-state index contributed by atoms with van der Waals surface area (Å²) in [6.07, 6.45) is 2.57. The summed E-state index contributed by atoms with van der Waals surface area (Å²) in [5.41, 5.74) is 7.59. The van der Waals surface area contributed by atoms with Crippen LogP contribution in [-0.4, -0.2) is 15.5 Å². The standard InChI is InChI=1S/C13H19N3S/c1-8-4-7-10(11(14)17)12(15-8)16-13(2,3)9-5-6-9/h4,7,9H,5-6H2,1-3H3,(H2,14,17)(H,15,16). The van der Waals surface area contributed by atoms with E-state index < -0.39 is 0 Å². The third kappa shape index (κ3) is 2.75. The van der Waals surface area contributed by atoms with Crippen molar-refractivity contribution >= 4 is 23.0 Å². The first-order valence-electron chi connectivity index (χ1n) is 5.96. The topological polar surface area (TPSA) is 50.9 Å². The molecule has 1 fully saturated rings. The maximum Gasteiger partial charge on any atom is 0.136 e. The van der Waals surface area contributed by atoms with Crippen LogP contribution in [0, 0.1) is 12.8 Å². The second kappa shape index (κ2) is 4.26. The first-order valence-corrected chi connectivity index (χ1v) is 6.36. The van der Waals surface area contributed by atoms with E-state index in [1.807, 2.05) is 19.1 Å². The highest BCUT2D eigenvalue weighted by Gasteiger charge is 2.38. The van der Waals surface area contributed by atoms with E-state index in [2.05, 4.69) is 24.1 Å². The number of aromatic nitrogens is 1. The zero-order chi connectivity index (χ0) is 12.6. The van der Waals surface area contributed by atoms with E-state index >= 15 is 0 Å². The molecule has 0 atom stereocenters. The Morgan fingerprint density at radius 1 is 1.47 bits per heavy atom. The molecule has 3 nitrogen and oxygen atoms in total. The fourth-order valence-electron chi connectivity index (χ4n) is 2.06. The SMILES string of the molecule is Cc1ccc(C(N)=S)c(NC(C)(C)C2CC2)n1. The third-order valence-electron chi connectivity index (χ3n) is 3.34. The lowest BCUT2D eigenvalue weighted by molar-refractivity contribution is 0.492. The Morgan fingerprint density at radius 3 is 2.65 bits per heavy atom.